The molecule has 1 aromatic carbocycles. The Labute approximate surface area is 153 Å². The van der Waals surface area contributed by atoms with Crippen LogP contribution in [-0.2, 0) is 16.9 Å². The first-order valence-corrected chi connectivity index (χ1v) is 8.02. The number of carbonyl (C=O) groups is 2. The summed E-state index contributed by atoms with van der Waals surface area (Å²) in [7, 11) is 0. The molecule has 134 valence electrons. The van der Waals surface area contributed by atoms with E-state index in [2.05, 4.69) is 15.5 Å². The fourth-order valence-electron chi connectivity index (χ4n) is 2.90. The van der Waals surface area contributed by atoms with Crippen LogP contribution in [0.3, 0.4) is 0 Å². The number of aromatic nitrogens is 2. The van der Waals surface area contributed by atoms with E-state index in [1.807, 2.05) is 6.07 Å². The fraction of sp³-hybridized carbons (Fsp3) is 0.167. The molecular weight excluding hydrogens is 350 g/mol. The van der Waals surface area contributed by atoms with Crippen molar-refractivity contribution in [2.45, 2.75) is 19.0 Å². The Hall–Kier alpha value is -3.93. The highest BCUT2D eigenvalue weighted by molar-refractivity contribution is 6.07. The van der Waals surface area contributed by atoms with Crippen LogP contribution in [0.15, 0.2) is 51.6 Å². The maximum atomic E-state index is 12.9. The molecule has 3 aromatic rings. The number of nitriles is 1. The number of rotatable bonds is 4. The smallest absolute Gasteiger partial charge is 0.325 e. The highest BCUT2D eigenvalue weighted by Crippen LogP contribution is 2.30. The molecule has 0 radical (unpaired) electrons. The summed E-state index contributed by atoms with van der Waals surface area (Å²) in [4.78, 5) is 30.5. The van der Waals surface area contributed by atoms with Crippen LogP contribution in [0.5, 0.6) is 0 Å². The average molecular weight is 363 g/mol. The van der Waals surface area contributed by atoms with Crippen LogP contribution >= 0.6 is 0 Å². The molecule has 27 heavy (non-hydrogen) atoms. The normalized spacial score (nSPS) is 19.2. The molecule has 1 aliphatic rings. The summed E-state index contributed by atoms with van der Waals surface area (Å²) < 4.78 is 10.3. The van der Waals surface area contributed by atoms with E-state index in [0.29, 0.717) is 16.9 Å². The van der Waals surface area contributed by atoms with Crippen molar-refractivity contribution in [1.82, 2.24) is 20.4 Å². The quantitative estimate of drug-likeness (QED) is 0.704. The first-order chi connectivity index (χ1) is 13.0. The van der Waals surface area contributed by atoms with Crippen LogP contribution in [0.2, 0.25) is 0 Å². The summed E-state index contributed by atoms with van der Waals surface area (Å²) in [5.41, 5.74) is -0.369. The van der Waals surface area contributed by atoms with Gasteiger partial charge >= 0.3 is 6.03 Å². The van der Waals surface area contributed by atoms with E-state index in [4.69, 9.17) is 14.2 Å². The zero-order valence-electron chi connectivity index (χ0n) is 14.2. The zero-order valence-corrected chi connectivity index (χ0v) is 14.2. The largest absolute Gasteiger partial charge is 0.461 e. The Morgan fingerprint density at radius 3 is 2.89 bits per heavy atom. The van der Waals surface area contributed by atoms with Gasteiger partial charge in [0.1, 0.15) is 12.1 Å². The number of imide groups is 1. The summed E-state index contributed by atoms with van der Waals surface area (Å²) in [5.74, 6) is 0.271. The van der Waals surface area contributed by atoms with Crippen molar-refractivity contribution in [3.8, 4) is 17.7 Å². The molecule has 1 N–H and O–H groups in total. The Bertz CT molecular complexity index is 1070. The molecule has 1 unspecified atom stereocenters. The molecule has 1 saturated heterocycles. The van der Waals surface area contributed by atoms with Gasteiger partial charge in [-0.2, -0.15) is 10.2 Å². The molecule has 2 aromatic heterocycles. The summed E-state index contributed by atoms with van der Waals surface area (Å²) in [6.45, 7) is 1.41. The summed E-state index contributed by atoms with van der Waals surface area (Å²) >= 11 is 0. The lowest BCUT2D eigenvalue weighted by molar-refractivity contribution is -0.131. The van der Waals surface area contributed by atoms with Crippen LogP contribution in [0, 0.1) is 11.3 Å². The highest BCUT2D eigenvalue weighted by atomic mass is 16.5. The van der Waals surface area contributed by atoms with Crippen molar-refractivity contribution in [2.24, 2.45) is 0 Å². The van der Waals surface area contributed by atoms with Gasteiger partial charge in [0, 0.05) is 0 Å². The third-order valence-electron chi connectivity index (χ3n) is 4.35. The van der Waals surface area contributed by atoms with Gasteiger partial charge in [0.15, 0.2) is 5.76 Å². The third-order valence-corrected chi connectivity index (χ3v) is 4.35. The van der Waals surface area contributed by atoms with E-state index in [1.54, 1.807) is 43.3 Å². The number of amides is 3. The van der Waals surface area contributed by atoms with Gasteiger partial charge in [0.25, 0.3) is 5.91 Å². The maximum Gasteiger partial charge on any atom is 0.325 e. The van der Waals surface area contributed by atoms with Crippen molar-refractivity contribution >= 4 is 11.9 Å². The van der Waals surface area contributed by atoms with Gasteiger partial charge in [-0.05, 0) is 36.8 Å². The minimum absolute atomic E-state index is 0.0972. The molecule has 9 nitrogen and oxygen atoms in total. The molecule has 0 aliphatic carbocycles. The van der Waals surface area contributed by atoms with E-state index >= 15 is 0 Å². The van der Waals surface area contributed by atoms with Crippen molar-refractivity contribution < 1.29 is 18.5 Å². The van der Waals surface area contributed by atoms with Gasteiger partial charge < -0.3 is 14.3 Å². The van der Waals surface area contributed by atoms with Gasteiger partial charge in [-0.1, -0.05) is 17.3 Å². The average Bonchev–Trinajstić information content (AvgIpc) is 3.40. The van der Waals surface area contributed by atoms with Crippen molar-refractivity contribution in [3.63, 3.8) is 0 Å². The molecule has 9 heteroatoms. The van der Waals surface area contributed by atoms with E-state index < -0.39 is 17.5 Å². The van der Waals surface area contributed by atoms with Crippen molar-refractivity contribution in [3.05, 3.63) is 59.7 Å². The predicted octanol–water partition coefficient (Wildman–Crippen LogP) is 2.17. The van der Waals surface area contributed by atoms with Gasteiger partial charge in [0.05, 0.1) is 17.9 Å². The summed E-state index contributed by atoms with van der Waals surface area (Å²) in [6.07, 6.45) is 1.48. The first kappa shape index (κ1) is 16.5. The summed E-state index contributed by atoms with van der Waals surface area (Å²) in [6, 6.07) is 11.3. The Kier molecular flexibility index (Phi) is 3.74. The van der Waals surface area contributed by atoms with Gasteiger partial charge in [-0.3, -0.25) is 9.69 Å². The Morgan fingerprint density at radius 1 is 1.30 bits per heavy atom. The number of furan rings is 1. The third kappa shape index (κ3) is 2.73. The molecule has 1 atom stereocenters. The number of hydrogen-bond donors (Lipinski definition) is 1. The van der Waals surface area contributed by atoms with Crippen LogP contribution in [-0.4, -0.2) is 27.0 Å². The van der Waals surface area contributed by atoms with Crippen LogP contribution in [0.1, 0.15) is 23.9 Å². The Morgan fingerprint density at radius 2 is 2.15 bits per heavy atom. The van der Waals surface area contributed by atoms with E-state index in [-0.39, 0.29) is 18.3 Å². The first-order valence-electron chi connectivity index (χ1n) is 8.02. The fourth-order valence-corrected chi connectivity index (χ4v) is 2.90. The van der Waals surface area contributed by atoms with Crippen molar-refractivity contribution in [1.29, 1.82) is 5.26 Å². The molecule has 0 spiro atoms. The lowest BCUT2D eigenvalue weighted by Crippen LogP contribution is -2.40. The number of carbonyl (C=O) groups excluding carboxylic acids is 2. The standard InChI is InChI=1S/C18H13N5O4/c1-18(12-5-2-4-11(8-12)9-19)16(24)23(17(25)21-18)10-14-20-15(22-27-14)13-6-3-7-26-13/h2-8H,10H2,1H3,(H,21,25). The lowest BCUT2D eigenvalue weighted by atomic mass is 9.91. The summed E-state index contributed by atoms with van der Waals surface area (Å²) in [5, 5.41) is 15.5. The minimum atomic E-state index is -1.28. The minimum Gasteiger partial charge on any atom is -0.461 e. The Balaban J connectivity index is 1.59. The second-order valence-electron chi connectivity index (χ2n) is 6.13. The molecule has 1 fully saturated rings. The van der Waals surface area contributed by atoms with Crippen molar-refractivity contribution in [2.75, 3.05) is 0 Å². The molecule has 4 rings (SSSR count). The topological polar surface area (TPSA) is 125 Å². The maximum absolute atomic E-state index is 12.9. The van der Waals surface area contributed by atoms with Crippen LogP contribution in [0.4, 0.5) is 4.79 Å². The second kappa shape index (κ2) is 6.10. The molecule has 0 bridgehead atoms. The molecule has 3 amide bonds. The van der Waals surface area contributed by atoms with E-state index in [0.717, 1.165) is 4.90 Å². The van der Waals surface area contributed by atoms with Gasteiger partial charge in [-0.15, -0.1) is 0 Å². The van der Waals surface area contributed by atoms with E-state index in [9.17, 15) is 9.59 Å². The van der Waals surface area contributed by atoms with Crippen LogP contribution < -0.4 is 5.32 Å². The highest BCUT2D eigenvalue weighted by Gasteiger charge is 2.49. The predicted molar refractivity (Wildman–Crippen MR) is 89.6 cm³/mol. The number of nitrogens with one attached hydrogen (secondary N) is 1. The number of benzene rings is 1. The SMILES string of the molecule is CC1(c2cccc(C#N)c2)NC(=O)N(Cc2nc(-c3ccco3)no2)C1=O. The van der Waals surface area contributed by atoms with Crippen LogP contribution in [0.25, 0.3) is 11.6 Å². The monoisotopic (exact) mass is 363 g/mol. The molecule has 0 saturated carbocycles. The van der Waals surface area contributed by atoms with Gasteiger partial charge in [0.2, 0.25) is 11.7 Å². The van der Waals surface area contributed by atoms with E-state index in [1.165, 1.54) is 6.26 Å². The molecule has 1 aliphatic heterocycles. The number of nitrogens with zero attached hydrogens (tertiary/aromatic N) is 4. The molecule has 3 heterocycles. The van der Waals surface area contributed by atoms with Gasteiger partial charge in [-0.25, -0.2) is 4.79 Å². The lowest BCUT2D eigenvalue weighted by Gasteiger charge is -2.22. The molecular formula is C18H13N5O4. The second-order valence-corrected chi connectivity index (χ2v) is 6.13. The zero-order chi connectivity index (χ0) is 19.0. The number of urea groups is 1. The number of hydrogen-bond acceptors (Lipinski definition) is 7.